The van der Waals surface area contributed by atoms with Gasteiger partial charge in [0.2, 0.25) is 0 Å². The molecule has 5 nitrogen and oxygen atoms in total. The molecule has 0 bridgehead atoms. The molecule has 1 aromatic heterocycles. The molecule has 1 aromatic rings. The van der Waals surface area contributed by atoms with E-state index in [0.717, 1.165) is 0 Å². The smallest absolute Gasteiger partial charge is 0.408 e. The van der Waals surface area contributed by atoms with Crippen molar-refractivity contribution in [2.45, 2.75) is 32.0 Å². The monoisotopic (exact) mass is 262 g/mol. The van der Waals surface area contributed by atoms with Gasteiger partial charge in [0.05, 0.1) is 0 Å². The third-order valence-electron chi connectivity index (χ3n) is 2.68. The Bertz CT molecular complexity index is 519. The fraction of sp³-hybridized carbons (Fsp3) is 0.500. The zero-order chi connectivity index (χ0) is 13.5. The topological polar surface area (TPSA) is 72.2 Å². The van der Waals surface area contributed by atoms with Gasteiger partial charge in [-0.05, 0) is 12.8 Å². The lowest BCUT2D eigenvalue weighted by Gasteiger charge is -2.09. The van der Waals surface area contributed by atoms with Crippen LogP contribution in [0, 0.1) is 0 Å². The summed E-state index contributed by atoms with van der Waals surface area (Å²) in [5.74, 6) is -1.90. The van der Waals surface area contributed by atoms with Crippen LogP contribution in [0.5, 0.6) is 0 Å². The van der Waals surface area contributed by atoms with E-state index in [4.69, 9.17) is 5.11 Å². The van der Waals surface area contributed by atoms with Crippen LogP contribution >= 0.6 is 0 Å². The number of rotatable bonds is 2. The van der Waals surface area contributed by atoms with Gasteiger partial charge in [0.15, 0.2) is 11.5 Å². The van der Waals surface area contributed by atoms with Crippen LogP contribution in [0.2, 0.25) is 0 Å². The molecule has 8 heteroatoms. The molecule has 18 heavy (non-hydrogen) atoms. The second kappa shape index (κ2) is 4.11. The highest BCUT2D eigenvalue weighted by Crippen LogP contribution is 2.26. The van der Waals surface area contributed by atoms with Crippen LogP contribution in [0.15, 0.2) is 0 Å². The van der Waals surface area contributed by atoms with Crippen molar-refractivity contribution in [3.05, 3.63) is 17.0 Å². The number of alkyl halides is 3. The van der Waals surface area contributed by atoms with Crippen LogP contribution in [0.25, 0.3) is 0 Å². The molecule has 0 aliphatic heterocycles. The zero-order valence-corrected chi connectivity index (χ0v) is 9.12. The van der Waals surface area contributed by atoms with Crippen molar-refractivity contribution in [3.63, 3.8) is 0 Å². The third kappa shape index (κ3) is 2.22. The number of hydrogen-bond acceptors (Lipinski definition) is 3. The molecular formula is C10H9F3N2O3. The highest BCUT2D eigenvalue weighted by Gasteiger charge is 2.35. The van der Waals surface area contributed by atoms with Crippen molar-refractivity contribution in [2.75, 3.05) is 0 Å². The van der Waals surface area contributed by atoms with Crippen LogP contribution in [-0.4, -0.2) is 32.8 Å². The Morgan fingerprint density at radius 1 is 1.39 bits per heavy atom. The number of carbonyl (C=O) groups is 2. The molecule has 0 atom stereocenters. The summed E-state index contributed by atoms with van der Waals surface area (Å²) in [6, 6.07) is 0. The van der Waals surface area contributed by atoms with E-state index < -0.39 is 30.2 Å². The highest BCUT2D eigenvalue weighted by atomic mass is 19.4. The number of nitrogens with zero attached hydrogens (tertiary/aromatic N) is 2. The van der Waals surface area contributed by atoms with E-state index in [2.05, 4.69) is 5.10 Å². The first-order valence-corrected chi connectivity index (χ1v) is 5.22. The van der Waals surface area contributed by atoms with Crippen molar-refractivity contribution >= 4 is 11.8 Å². The van der Waals surface area contributed by atoms with E-state index in [-0.39, 0.29) is 24.1 Å². The first-order valence-electron chi connectivity index (χ1n) is 5.22. The van der Waals surface area contributed by atoms with Gasteiger partial charge in [0, 0.05) is 12.0 Å². The quantitative estimate of drug-likeness (QED) is 0.879. The maximum atomic E-state index is 12.3. The summed E-state index contributed by atoms with van der Waals surface area (Å²) in [6.45, 7) is -1.51. The number of ketones is 1. The minimum Gasteiger partial charge on any atom is -0.477 e. The largest absolute Gasteiger partial charge is 0.477 e. The van der Waals surface area contributed by atoms with Crippen molar-refractivity contribution in [2.24, 2.45) is 0 Å². The first kappa shape index (κ1) is 12.6. The first-order chi connectivity index (χ1) is 8.29. The Morgan fingerprint density at radius 3 is 2.61 bits per heavy atom. The molecule has 1 N–H and O–H groups in total. The van der Waals surface area contributed by atoms with E-state index in [1.165, 1.54) is 0 Å². The maximum absolute atomic E-state index is 12.3. The molecule has 0 saturated carbocycles. The van der Waals surface area contributed by atoms with E-state index in [1.54, 1.807) is 0 Å². The van der Waals surface area contributed by atoms with Crippen molar-refractivity contribution in [1.29, 1.82) is 0 Å². The number of fused-ring (bicyclic) bond motifs is 1. The molecule has 0 saturated heterocycles. The number of hydrogen-bond donors (Lipinski definition) is 1. The van der Waals surface area contributed by atoms with Gasteiger partial charge in [-0.2, -0.15) is 18.3 Å². The second-order valence-corrected chi connectivity index (χ2v) is 4.03. The summed E-state index contributed by atoms with van der Waals surface area (Å²) < 4.78 is 37.3. The number of carboxylic acids is 1. The number of aromatic carboxylic acids is 1. The van der Waals surface area contributed by atoms with Gasteiger partial charge in [0.1, 0.15) is 12.2 Å². The molecule has 1 heterocycles. The summed E-state index contributed by atoms with van der Waals surface area (Å²) >= 11 is 0. The fourth-order valence-corrected chi connectivity index (χ4v) is 2.03. The van der Waals surface area contributed by atoms with E-state index in [0.29, 0.717) is 11.1 Å². The third-order valence-corrected chi connectivity index (χ3v) is 2.68. The molecule has 98 valence electrons. The number of halogens is 3. The van der Waals surface area contributed by atoms with Crippen LogP contribution in [-0.2, 0) is 13.0 Å². The van der Waals surface area contributed by atoms with Gasteiger partial charge in [-0.1, -0.05) is 0 Å². The standard InChI is InChI=1S/C10H9F3N2O3/c11-10(12,13)4-15-8(9(17)18)5-2-1-3-6(16)7(5)14-15/h1-4H2,(H,17,18). The van der Waals surface area contributed by atoms with Gasteiger partial charge in [0.25, 0.3) is 0 Å². The Kier molecular flexibility index (Phi) is 2.88. The lowest BCUT2D eigenvalue weighted by Crippen LogP contribution is -2.22. The van der Waals surface area contributed by atoms with Crippen molar-refractivity contribution in [1.82, 2.24) is 9.78 Å². The van der Waals surface area contributed by atoms with Gasteiger partial charge in [-0.3, -0.25) is 4.79 Å². The van der Waals surface area contributed by atoms with Gasteiger partial charge < -0.3 is 5.11 Å². The Hall–Kier alpha value is -1.86. The number of carbonyl (C=O) groups excluding carboxylic acids is 1. The minimum atomic E-state index is -4.58. The lowest BCUT2D eigenvalue weighted by atomic mass is 9.95. The summed E-state index contributed by atoms with van der Waals surface area (Å²) in [4.78, 5) is 22.5. The second-order valence-electron chi connectivity index (χ2n) is 4.03. The van der Waals surface area contributed by atoms with E-state index in [1.807, 2.05) is 0 Å². The van der Waals surface area contributed by atoms with Gasteiger partial charge >= 0.3 is 12.1 Å². The molecule has 1 aliphatic rings. The summed E-state index contributed by atoms with van der Waals surface area (Å²) in [5, 5.41) is 12.5. The van der Waals surface area contributed by atoms with Crippen molar-refractivity contribution < 1.29 is 27.9 Å². The Balaban J connectivity index is 2.53. The van der Waals surface area contributed by atoms with Gasteiger partial charge in [-0.15, -0.1) is 0 Å². The molecule has 0 aromatic carbocycles. The summed E-state index contributed by atoms with van der Waals surface area (Å²) in [6.07, 6.45) is -3.69. The maximum Gasteiger partial charge on any atom is 0.408 e. The molecular weight excluding hydrogens is 253 g/mol. The number of Topliss-reactive ketones (excluding diaryl/α,β-unsaturated/α-hetero) is 1. The van der Waals surface area contributed by atoms with Crippen LogP contribution in [0.1, 0.15) is 39.4 Å². The zero-order valence-electron chi connectivity index (χ0n) is 9.12. The molecule has 0 unspecified atom stereocenters. The van der Waals surface area contributed by atoms with Crippen LogP contribution < -0.4 is 0 Å². The average molecular weight is 262 g/mol. The van der Waals surface area contributed by atoms with E-state index in [9.17, 15) is 22.8 Å². The van der Waals surface area contributed by atoms with Gasteiger partial charge in [-0.25, -0.2) is 9.48 Å². The van der Waals surface area contributed by atoms with E-state index >= 15 is 0 Å². The molecule has 0 amide bonds. The average Bonchev–Trinajstić information content (AvgIpc) is 2.54. The molecule has 0 spiro atoms. The molecule has 2 rings (SSSR count). The lowest BCUT2D eigenvalue weighted by molar-refractivity contribution is -0.142. The minimum absolute atomic E-state index is 0.114. The molecule has 0 radical (unpaired) electrons. The predicted octanol–water partition coefficient (Wildman–Crippen LogP) is 1.66. The number of aromatic nitrogens is 2. The highest BCUT2D eigenvalue weighted by molar-refractivity contribution is 6.00. The summed E-state index contributed by atoms with van der Waals surface area (Å²) in [5.41, 5.74) is -0.554. The predicted molar refractivity (Wildman–Crippen MR) is 52.5 cm³/mol. The van der Waals surface area contributed by atoms with Crippen LogP contribution in [0.4, 0.5) is 13.2 Å². The normalized spacial score (nSPS) is 15.6. The summed E-state index contributed by atoms with van der Waals surface area (Å²) in [7, 11) is 0. The SMILES string of the molecule is O=C1CCCc2c1nn(CC(F)(F)F)c2C(=O)O. The Labute approximate surface area is 99.2 Å². The van der Waals surface area contributed by atoms with Crippen LogP contribution in [0.3, 0.4) is 0 Å². The Morgan fingerprint density at radius 2 is 2.06 bits per heavy atom. The fourth-order valence-electron chi connectivity index (χ4n) is 2.03. The molecule has 0 fully saturated rings. The van der Waals surface area contributed by atoms with Crippen molar-refractivity contribution in [3.8, 4) is 0 Å². The molecule has 1 aliphatic carbocycles. The number of carboxylic acid groups (broad SMARTS) is 1.